The van der Waals surface area contributed by atoms with Crippen molar-refractivity contribution in [1.82, 2.24) is 0 Å². The summed E-state index contributed by atoms with van der Waals surface area (Å²) in [5.41, 5.74) is 0. The van der Waals surface area contributed by atoms with Gasteiger partial charge in [-0.05, 0) is 44.9 Å². The largest absolute Gasteiger partial charge is 0.463 e. The van der Waals surface area contributed by atoms with Crippen LogP contribution in [0.25, 0.3) is 0 Å². The maximum Gasteiger partial charge on any atom is 0.305 e. The van der Waals surface area contributed by atoms with Gasteiger partial charge in [-0.3, -0.25) is 4.79 Å². The molecule has 0 aromatic carbocycles. The third-order valence-electron chi connectivity index (χ3n) is 3.87. The van der Waals surface area contributed by atoms with Crippen LogP contribution in [0.4, 0.5) is 0 Å². The van der Waals surface area contributed by atoms with Crippen LogP contribution in [-0.2, 0) is 9.53 Å². The third-order valence-corrected chi connectivity index (χ3v) is 3.87. The molecule has 0 aromatic heterocycles. The van der Waals surface area contributed by atoms with E-state index in [0.29, 0.717) is 6.42 Å². The van der Waals surface area contributed by atoms with Gasteiger partial charge >= 0.3 is 5.97 Å². The number of allylic oxidation sites excluding steroid dienone is 8. The quantitative estimate of drug-likeness (QED) is 0.212. The minimum absolute atomic E-state index is 0.124. The lowest BCUT2D eigenvalue weighted by atomic mass is 10.1. The van der Waals surface area contributed by atoms with Crippen molar-refractivity contribution >= 4 is 5.97 Å². The highest BCUT2D eigenvalue weighted by Crippen LogP contribution is 2.07. The fourth-order valence-corrected chi connectivity index (χ4v) is 2.30. The first-order valence-corrected chi connectivity index (χ1v) is 10.2. The number of hydrogen-bond donors (Lipinski definition) is 2. The zero-order valence-corrected chi connectivity index (χ0v) is 16.9. The number of unbranched alkanes of at least 4 members (excludes halogenated alkanes) is 4. The Kier molecular flexibility index (Phi) is 19.4. The van der Waals surface area contributed by atoms with Gasteiger partial charge in [0.25, 0.3) is 0 Å². The van der Waals surface area contributed by atoms with Crippen LogP contribution in [-0.4, -0.2) is 35.5 Å². The highest BCUT2D eigenvalue weighted by molar-refractivity contribution is 5.69. The summed E-state index contributed by atoms with van der Waals surface area (Å²) < 4.78 is 4.85. The van der Waals surface area contributed by atoms with Gasteiger partial charge in [0, 0.05) is 6.42 Å². The molecule has 1 atom stereocenters. The van der Waals surface area contributed by atoms with Crippen LogP contribution in [0, 0.1) is 0 Å². The fraction of sp³-hybridized carbons (Fsp3) is 0.609. The summed E-state index contributed by atoms with van der Waals surface area (Å²) in [5.74, 6) is -0.304. The first kappa shape index (κ1) is 25.4. The Morgan fingerprint density at radius 2 is 1.41 bits per heavy atom. The van der Waals surface area contributed by atoms with E-state index < -0.39 is 6.10 Å². The lowest BCUT2D eigenvalue weighted by Crippen LogP contribution is -2.21. The molecule has 4 heteroatoms. The number of ether oxygens (including phenoxy) is 1. The summed E-state index contributed by atoms with van der Waals surface area (Å²) in [5, 5.41) is 17.7. The monoisotopic (exact) mass is 378 g/mol. The SMILES string of the molecule is CCC=CCC=CCC=CCC=CCCCCCCC(=O)OCC(O)CO. The normalized spacial score (nSPS) is 13.4. The smallest absolute Gasteiger partial charge is 0.305 e. The summed E-state index contributed by atoms with van der Waals surface area (Å²) in [4.78, 5) is 11.4. The van der Waals surface area contributed by atoms with E-state index in [1.807, 2.05) is 0 Å². The maximum atomic E-state index is 11.4. The molecule has 0 heterocycles. The average molecular weight is 379 g/mol. The van der Waals surface area contributed by atoms with E-state index in [1.165, 1.54) is 0 Å². The zero-order valence-electron chi connectivity index (χ0n) is 16.9. The summed E-state index contributed by atoms with van der Waals surface area (Å²) in [6, 6.07) is 0. The number of aliphatic hydroxyl groups excluding tert-OH is 2. The fourth-order valence-electron chi connectivity index (χ4n) is 2.30. The molecule has 4 nitrogen and oxygen atoms in total. The Labute approximate surface area is 165 Å². The first-order chi connectivity index (χ1) is 13.2. The minimum Gasteiger partial charge on any atom is -0.463 e. The molecule has 0 saturated carbocycles. The molecule has 0 aliphatic carbocycles. The van der Waals surface area contributed by atoms with Gasteiger partial charge in [0.05, 0.1) is 6.61 Å². The summed E-state index contributed by atoms with van der Waals surface area (Å²) in [7, 11) is 0. The van der Waals surface area contributed by atoms with Crippen molar-refractivity contribution in [3.05, 3.63) is 48.6 Å². The van der Waals surface area contributed by atoms with Crippen molar-refractivity contribution in [3.63, 3.8) is 0 Å². The molecule has 27 heavy (non-hydrogen) atoms. The lowest BCUT2D eigenvalue weighted by molar-refractivity contribution is -0.147. The molecule has 0 aromatic rings. The molecule has 0 aliphatic heterocycles. The van der Waals surface area contributed by atoms with Crippen molar-refractivity contribution in [2.75, 3.05) is 13.2 Å². The Bertz CT molecular complexity index is 449. The second kappa shape index (κ2) is 20.7. The van der Waals surface area contributed by atoms with E-state index >= 15 is 0 Å². The van der Waals surface area contributed by atoms with E-state index in [9.17, 15) is 4.79 Å². The number of aliphatic hydroxyl groups is 2. The molecular formula is C23H38O4. The Morgan fingerprint density at radius 3 is 2.00 bits per heavy atom. The molecule has 0 fully saturated rings. The van der Waals surface area contributed by atoms with Crippen molar-refractivity contribution in [2.24, 2.45) is 0 Å². The van der Waals surface area contributed by atoms with Gasteiger partial charge in [0.1, 0.15) is 12.7 Å². The van der Waals surface area contributed by atoms with Gasteiger partial charge in [0.2, 0.25) is 0 Å². The predicted molar refractivity (Wildman–Crippen MR) is 112 cm³/mol. The first-order valence-electron chi connectivity index (χ1n) is 10.2. The summed E-state index contributed by atoms with van der Waals surface area (Å²) in [6.45, 7) is 1.64. The van der Waals surface area contributed by atoms with E-state index in [0.717, 1.165) is 57.8 Å². The highest BCUT2D eigenvalue weighted by Gasteiger charge is 2.07. The van der Waals surface area contributed by atoms with Crippen LogP contribution in [0.1, 0.15) is 71.1 Å². The van der Waals surface area contributed by atoms with Crippen molar-refractivity contribution < 1.29 is 19.7 Å². The van der Waals surface area contributed by atoms with Crippen molar-refractivity contribution in [1.29, 1.82) is 0 Å². The van der Waals surface area contributed by atoms with Crippen LogP contribution in [0.5, 0.6) is 0 Å². The molecular weight excluding hydrogens is 340 g/mol. The van der Waals surface area contributed by atoms with Gasteiger partial charge in [0.15, 0.2) is 0 Å². The molecule has 0 rings (SSSR count). The van der Waals surface area contributed by atoms with Crippen LogP contribution in [0.15, 0.2) is 48.6 Å². The zero-order chi connectivity index (χ0) is 20.0. The van der Waals surface area contributed by atoms with Gasteiger partial charge in [-0.25, -0.2) is 0 Å². The topological polar surface area (TPSA) is 66.8 Å². The van der Waals surface area contributed by atoms with Crippen LogP contribution < -0.4 is 0 Å². The van der Waals surface area contributed by atoms with E-state index in [-0.39, 0.29) is 19.2 Å². The highest BCUT2D eigenvalue weighted by atomic mass is 16.5. The van der Waals surface area contributed by atoms with Gasteiger partial charge < -0.3 is 14.9 Å². The predicted octanol–water partition coefficient (Wildman–Crippen LogP) is 5.03. The number of esters is 1. The molecule has 1 unspecified atom stereocenters. The molecule has 2 N–H and O–H groups in total. The van der Waals surface area contributed by atoms with E-state index in [1.54, 1.807) is 0 Å². The van der Waals surface area contributed by atoms with Crippen LogP contribution in [0.3, 0.4) is 0 Å². The Balaban J connectivity index is 3.41. The average Bonchev–Trinajstić information content (AvgIpc) is 2.68. The number of rotatable bonds is 17. The van der Waals surface area contributed by atoms with Crippen molar-refractivity contribution in [2.45, 2.75) is 77.2 Å². The van der Waals surface area contributed by atoms with Crippen LogP contribution >= 0.6 is 0 Å². The van der Waals surface area contributed by atoms with Crippen molar-refractivity contribution in [3.8, 4) is 0 Å². The molecule has 154 valence electrons. The van der Waals surface area contributed by atoms with E-state index in [4.69, 9.17) is 14.9 Å². The molecule has 0 amide bonds. The second-order valence-corrected chi connectivity index (χ2v) is 6.47. The number of carbonyl (C=O) groups is 1. The molecule has 0 bridgehead atoms. The minimum atomic E-state index is -0.972. The molecule has 0 aliphatic rings. The number of hydrogen-bond acceptors (Lipinski definition) is 4. The lowest BCUT2D eigenvalue weighted by Gasteiger charge is -2.08. The van der Waals surface area contributed by atoms with Gasteiger partial charge in [-0.2, -0.15) is 0 Å². The summed E-state index contributed by atoms with van der Waals surface area (Å²) in [6.07, 6.45) is 26.2. The Hall–Kier alpha value is -1.65. The third kappa shape index (κ3) is 20.5. The Morgan fingerprint density at radius 1 is 0.852 bits per heavy atom. The maximum absolute atomic E-state index is 11.4. The van der Waals surface area contributed by atoms with E-state index in [2.05, 4.69) is 55.5 Å². The molecule has 0 spiro atoms. The van der Waals surface area contributed by atoms with Gasteiger partial charge in [-0.1, -0.05) is 68.4 Å². The van der Waals surface area contributed by atoms with Crippen LogP contribution in [0.2, 0.25) is 0 Å². The molecule has 0 radical (unpaired) electrons. The van der Waals surface area contributed by atoms with Gasteiger partial charge in [-0.15, -0.1) is 0 Å². The second-order valence-electron chi connectivity index (χ2n) is 6.47. The molecule has 0 saturated heterocycles. The summed E-state index contributed by atoms with van der Waals surface area (Å²) >= 11 is 0. The number of carbonyl (C=O) groups excluding carboxylic acids is 1. The standard InChI is InChI=1S/C23H38O4/c1-2-3-4-5-6-7-8-9-10-11-12-13-14-15-16-17-18-19-23(26)27-21-22(25)20-24/h3-4,6-7,9-10,12-13,22,24-25H,2,5,8,11,14-21H2,1H3.